The summed E-state index contributed by atoms with van der Waals surface area (Å²) in [4.78, 5) is 14.1. The lowest BCUT2D eigenvalue weighted by Crippen LogP contribution is -2.42. The molecule has 0 spiro atoms. The number of benzene rings is 1. The molecule has 1 saturated heterocycles. The number of carbonyl (C=O) groups is 1. The van der Waals surface area contributed by atoms with Gasteiger partial charge in [0.25, 0.3) is 5.91 Å². The zero-order valence-corrected chi connectivity index (χ0v) is 12.0. The van der Waals surface area contributed by atoms with E-state index in [1.807, 2.05) is 0 Å². The van der Waals surface area contributed by atoms with Crippen LogP contribution in [-0.2, 0) is 4.79 Å². The number of carbonyl (C=O) groups excluding carboxylic acids is 1. The monoisotopic (exact) mass is 277 g/mol. The molecule has 0 saturated carbocycles. The van der Waals surface area contributed by atoms with Gasteiger partial charge >= 0.3 is 0 Å². The third kappa shape index (κ3) is 4.42. The Morgan fingerprint density at radius 1 is 1.45 bits per heavy atom. The summed E-state index contributed by atoms with van der Waals surface area (Å²) in [5, 5.41) is 2.91. The van der Waals surface area contributed by atoms with Crippen molar-refractivity contribution in [1.29, 1.82) is 0 Å². The molecule has 1 aromatic carbocycles. The molecule has 0 aliphatic carbocycles. The predicted octanol–water partition coefficient (Wildman–Crippen LogP) is 1.25. The SMILES string of the molecule is CC(CNC(=O)COc1cccc(N)c1)N1CCCC1. The maximum absolute atomic E-state index is 11.7. The summed E-state index contributed by atoms with van der Waals surface area (Å²) in [6.07, 6.45) is 2.52. The van der Waals surface area contributed by atoms with Crippen molar-refractivity contribution >= 4 is 11.6 Å². The van der Waals surface area contributed by atoms with E-state index in [1.54, 1.807) is 24.3 Å². The van der Waals surface area contributed by atoms with Crippen molar-refractivity contribution in [2.45, 2.75) is 25.8 Å². The van der Waals surface area contributed by atoms with Crippen molar-refractivity contribution in [2.75, 3.05) is 32.0 Å². The van der Waals surface area contributed by atoms with Crippen molar-refractivity contribution in [3.8, 4) is 5.75 Å². The highest BCUT2D eigenvalue weighted by Gasteiger charge is 2.18. The summed E-state index contributed by atoms with van der Waals surface area (Å²) in [5.41, 5.74) is 6.28. The quantitative estimate of drug-likeness (QED) is 0.768. The average Bonchev–Trinajstić information content (AvgIpc) is 2.97. The Morgan fingerprint density at radius 3 is 2.90 bits per heavy atom. The van der Waals surface area contributed by atoms with E-state index in [0.29, 0.717) is 24.0 Å². The van der Waals surface area contributed by atoms with E-state index in [4.69, 9.17) is 10.5 Å². The molecule has 5 heteroatoms. The van der Waals surface area contributed by atoms with Crippen LogP contribution < -0.4 is 15.8 Å². The molecule has 1 aliphatic heterocycles. The Morgan fingerprint density at radius 2 is 2.20 bits per heavy atom. The van der Waals surface area contributed by atoms with Crippen LogP contribution in [0.3, 0.4) is 0 Å². The van der Waals surface area contributed by atoms with E-state index >= 15 is 0 Å². The lowest BCUT2D eigenvalue weighted by atomic mass is 10.3. The summed E-state index contributed by atoms with van der Waals surface area (Å²) >= 11 is 0. The Balaban J connectivity index is 1.67. The molecule has 5 nitrogen and oxygen atoms in total. The van der Waals surface area contributed by atoms with Crippen molar-refractivity contribution in [3.63, 3.8) is 0 Å². The minimum Gasteiger partial charge on any atom is -0.484 e. The number of ether oxygens (including phenoxy) is 1. The lowest BCUT2D eigenvalue weighted by molar-refractivity contribution is -0.123. The number of anilines is 1. The molecule has 2 rings (SSSR count). The zero-order valence-electron chi connectivity index (χ0n) is 12.0. The van der Waals surface area contributed by atoms with Gasteiger partial charge in [0.15, 0.2) is 6.61 Å². The van der Waals surface area contributed by atoms with Gasteiger partial charge in [0.05, 0.1) is 0 Å². The predicted molar refractivity (Wildman–Crippen MR) is 79.6 cm³/mol. The molecule has 1 fully saturated rings. The highest BCUT2D eigenvalue weighted by atomic mass is 16.5. The minimum atomic E-state index is -0.0986. The van der Waals surface area contributed by atoms with Gasteiger partial charge in [0.2, 0.25) is 0 Å². The second-order valence-electron chi connectivity index (χ2n) is 5.26. The molecule has 3 N–H and O–H groups in total. The Kier molecular flexibility index (Phi) is 5.24. The second kappa shape index (κ2) is 7.14. The van der Waals surface area contributed by atoms with Crippen molar-refractivity contribution in [1.82, 2.24) is 10.2 Å². The van der Waals surface area contributed by atoms with Crippen LogP contribution in [0, 0.1) is 0 Å². The van der Waals surface area contributed by atoms with Crippen LogP contribution in [0.25, 0.3) is 0 Å². The fourth-order valence-corrected chi connectivity index (χ4v) is 2.38. The van der Waals surface area contributed by atoms with Crippen LogP contribution in [-0.4, -0.2) is 43.1 Å². The third-order valence-corrected chi connectivity index (χ3v) is 3.59. The van der Waals surface area contributed by atoms with Crippen LogP contribution in [0.5, 0.6) is 5.75 Å². The number of rotatable bonds is 6. The van der Waals surface area contributed by atoms with Crippen molar-refractivity contribution < 1.29 is 9.53 Å². The van der Waals surface area contributed by atoms with Crippen LogP contribution >= 0.6 is 0 Å². The maximum Gasteiger partial charge on any atom is 0.257 e. The Labute approximate surface area is 120 Å². The van der Waals surface area contributed by atoms with Crippen molar-refractivity contribution in [2.24, 2.45) is 0 Å². The number of nitrogen functional groups attached to an aromatic ring is 1. The first-order chi connectivity index (χ1) is 9.65. The van der Waals surface area contributed by atoms with Gasteiger partial charge in [-0.05, 0) is 45.0 Å². The fourth-order valence-electron chi connectivity index (χ4n) is 2.38. The molecule has 20 heavy (non-hydrogen) atoms. The van der Waals surface area contributed by atoms with Gasteiger partial charge in [-0.3, -0.25) is 9.69 Å². The summed E-state index contributed by atoms with van der Waals surface area (Å²) < 4.78 is 5.40. The molecule has 0 radical (unpaired) electrons. The van der Waals surface area contributed by atoms with Gasteiger partial charge in [-0.1, -0.05) is 6.07 Å². The van der Waals surface area contributed by atoms with Gasteiger partial charge in [0.1, 0.15) is 5.75 Å². The van der Waals surface area contributed by atoms with Gasteiger partial charge < -0.3 is 15.8 Å². The van der Waals surface area contributed by atoms with Gasteiger partial charge in [0, 0.05) is 24.3 Å². The van der Waals surface area contributed by atoms with Crippen LogP contribution in [0.2, 0.25) is 0 Å². The molecule has 1 unspecified atom stereocenters. The topological polar surface area (TPSA) is 67.6 Å². The largest absolute Gasteiger partial charge is 0.484 e. The zero-order chi connectivity index (χ0) is 14.4. The summed E-state index contributed by atoms with van der Waals surface area (Å²) in [5.74, 6) is 0.520. The number of nitrogens with zero attached hydrogens (tertiary/aromatic N) is 1. The number of nitrogens with two attached hydrogens (primary N) is 1. The number of hydrogen-bond donors (Lipinski definition) is 2. The van der Waals surface area contributed by atoms with Gasteiger partial charge in [-0.25, -0.2) is 0 Å². The van der Waals surface area contributed by atoms with E-state index in [1.165, 1.54) is 12.8 Å². The number of hydrogen-bond acceptors (Lipinski definition) is 4. The van der Waals surface area contributed by atoms with Crippen LogP contribution in [0.1, 0.15) is 19.8 Å². The van der Waals surface area contributed by atoms with E-state index in [2.05, 4.69) is 17.1 Å². The summed E-state index contributed by atoms with van der Waals surface area (Å²) in [6, 6.07) is 7.47. The smallest absolute Gasteiger partial charge is 0.257 e. The molecule has 1 aliphatic rings. The first-order valence-electron chi connectivity index (χ1n) is 7.14. The molecule has 1 amide bonds. The first kappa shape index (κ1) is 14.7. The Bertz CT molecular complexity index is 444. The molecular weight excluding hydrogens is 254 g/mol. The summed E-state index contributed by atoms with van der Waals surface area (Å²) in [7, 11) is 0. The molecule has 0 aromatic heterocycles. The number of amides is 1. The fraction of sp³-hybridized carbons (Fsp3) is 0.533. The molecular formula is C15H23N3O2. The van der Waals surface area contributed by atoms with Crippen LogP contribution in [0.4, 0.5) is 5.69 Å². The van der Waals surface area contributed by atoms with E-state index in [-0.39, 0.29) is 12.5 Å². The van der Waals surface area contributed by atoms with Crippen LogP contribution in [0.15, 0.2) is 24.3 Å². The van der Waals surface area contributed by atoms with Crippen molar-refractivity contribution in [3.05, 3.63) is 24.3 Å². The molecule has 1 aromatic rings. The highest BCUT2D eigenvalue weighted by molar-refractivity contribution is 5.77. The maximum atomic E-state index is 11.7. The second-order valence-corrected chi connectivity index (χ2v) is 5.26. The standard InChI is InChI=1S/C15H23N3O2/c1-12(18-7-2-3-8-18)10-17-15(19)11-20-14-6-4-5-13(16)9-14/h4-6,9,12H,2-3,7-8,10-11,16H2,1H3,(H,17,19). The molecule has 1 heterocycles. The number of likely N-dealkylation sites (tertiary alicyclic amines) is 1. The van der Waals surface area contributed by atoms with E-state index in [9.17, 15) is 4.79 Å². The first-order valence-corrected chi connectivity index (χ1v) is 7.14. The Hall–Kier alpha value is -1.75. The lowest BCUT2D eigenvalue weighted by Gasteiger charge is -2.23. The summed E-state index contributed by atoms with van der Waals surface area (Å²) in [6.45, 7) is 5.10. The van der Waals surface area contributed by atoms with Gasteiger partial charge in [-0.2, -0.15) is 0 Å². The molecule has 110 valence electrons. The average molecular weight is 277 g/mol. The van der Waals surface area contributed by atoms with Gasteiger partial charge in [-0.15, -0.1) is 0 Å². The molecule has 0 bridgehead atoms. The number of nitrogens with one attached hydrogen (secondary N) is 1. The third-order valence-electron chi connectivity index (χ3n) is 3.59. The van der Waals surface area contributed by atoms with E-state index in [0.717, 1.165) is 13.1 Å². The molecule has 1 atom stereocenters. The normalized spacial score (nSPS) is 16.9. The van der Waals surface area contributed by atoms with E-state index < -0.39 is 0 Å². The highest BCUT2D eigenvalue weighted by Crippen LogP contribution is 2.14. The minimum absolute atomic E-state index is 0.0240.